The molecule has 3 heteroatoms. The molecule has 0 aliphatic carbocycles. The van der Waals surface area contributed by atoms with E-state index in [0.29, 0.717) is 0 Å². The first-order chi connectivity index (χ1) is 7.93. The summed E-state index contributed by atoms with van der Waals surface area (Å²) in [5, 5.41) is 2.98. The predicted octanol–water partition coefficient (Wildman–Crippen LogP) is 3.95. The second-order valence-electron chi connectivity index (χ2n) is 4.69. The SMILES string of the molecule is CCC(C)(CC)NCC(F)(F)c1ccccc1. The maximum atomic E-state index is 13.9. The molecule has 0 saturated heterocycles. The van der Waals surface area contributed by atoms with E-state index >= 15 is 0 Å². The van der Waals surface area contributed by atoms with Gasteiger partial charge in [-0.1, -0.05) is 44.2 Å². The molecule has 0 unspecified atom stereocenters. The van der Waals surface area contributed by atoms with Gasteiger partial charge in [0.15, 0.2) is 0 Å². The summed E-state index contributed by atoms with van der Waals surface area (Å²) < 4.78 is 27.8. The highest BCUT2D eigenvalue weighted by molar-refractivity contribution is 5.20. The maximum absolute atomic E-state index is 13.9. The molecular formula is C14H21F2N. The fraction of sp³-hybridized carbons (Fsp3) is 0.571. The zero-order chi connectivity index (χ0) is 12.9. The van der Waals surface area contributed by atoms with Crippen molar-refractivity contribution in [1.29, 1.82) is 0 Å². The van der Waals surface area contributed by atoms with Crippen molar-refractivity contribution < 1.29 is 8.78 Å². The lowest BCUT2D eigenvalue weighted by atomic mass is 9.95. The van der Waals surface area contributed by atoms with Crippen LogP contribution in [0.1, 0.15) is 39.2 Å². The van der Waals surface area contributed by atoms with Crippen LogP contribution in [-0.4, -0.2) is 12.1 Å². The van der Waals surface area contributed by atoms with E-state index in [1.54, 1.807) is 18.2 Å². The van der Waals surface area contributed by atoms with Crippen molar-refractivity contribution in [1.82, 2.24) is 5.32 Å². The highest BCUT2D eigenvalue weighted by Crippen LogP contribution is 2.28. The van der Waals surface area contributed by atoms with Gasteiger partial charge in [0.1, 0.15) is 0 Å². The summed E-state index contributed by atoms with van der Waals surface area (Å²) >= 11 is 0. The van der Waals surface area contributed by atoms with E-state index in [9.17, 15) is 8.78 Å². The number of benzene rings is 1. The quantitative estimate of drug-likeness (QED) is 0.795. The van der Waals surface area contributed by atoms with Crippen LogP contribution in [0.4, 0.5) is 8.78 Å². The Morgan fingerprint density at radius 3 is 2.06 bits per heavy atom. The number of halogens is 2. The summed E-state index contributed by atoms with van der Waals surface area (Å²) in [6.45, 7) is 5.69. The summed E-state index contributed by atoms with van der Waals surface area (Å²) in [4.78, 5) is 0. The third-order valence-corrected chi connectivity index (χ3v) is 3.49. The van der Waals surface area contributed by atoms with Crippen molar-refractivity contribution in [2.75, 3.05) is 6.54 Å². The molecule has 0 amide bonds. The highest BCUT2D eigenvalue weighted by atomic mass is 19.3. The van der Waals surface area contributed by atoms with Crippen LogP contribution >= 0.6 is 0 Å². The third kappa shape index (κ3) is 3.77. The van der Waals surface area contributed by atoms with Crippen molar-refractivity contribution in [2.24, 2.45) is 0 Å². The summed E-state index contributed by atoms with van der Waals surface area (Å²) in [6.07, 6.45) is 1.68. The van der Waals surface area contributed by atoms with Gasteiger partial charge in [0, 0.05) is 11.1 Å². The first kappa shape index (κ1) is 14.1. The Bertz CT molecular complexity index is 331. The van der Waals surface area contributed by atoms with Crippen LogP contribution < -0.4 is 5.32 Å². The average Bonchev–Trinajstić information content (AvgIpc) is 2.37. The van der Waals surface area contributed by atoms with Crippen molar-refractivity contribution in [3.05, 3.63) is 35.9 Å². The molecular weight excluding hydrogens is 220 g/mol. The van der Waals surface area contributed by atoms with E-state index in [-0.39, 0.29) is 17.6 Å². The van der Waals surface area contributed by atoms with Crippen molar-refractivity contribution in [2.45, 2.75) is 45.1 Å². The van der Waals surface area contributed by atoms with E-state index in [4.69, 9.17) is 0 Å². The number of hydrogen-bond donors (Lipinski definition) is 1. The van der Waals surface area contributed by atoms with Crippen LogP contribution in [0.25, 0.3) is 0 Å². The number of alkyl halides is 2. The molecule has 0 atom stereocenters. The van der Waals surface area contributed by atoms with Crippen LogP contribution in [0.15, 0.2) is 30.3 Å². The minimum Gasteiger partial charge on any atom is -0.306 e. The molecule has 1 rings (SSSR count). The van der Waals surface area contributed by atoms with E-state index < -0.39 is 5.92 Å². The first-order valence-electron chi connectivity index (χ1n) is 6.12. The van der Waals surface area contributed by atoms with Gasteiger partial charge >= 0.3 is 0 Å². The second kappa shape index (κ2) is 5.58. The molecule has 0 spiro atoms. The predicted molar refractivity (Wildman–Crippen MR) is 67.3 cm³/mol. The highest BCUT2D eigenvalue weighted by Gasteiger charge is 2.33. The number of rotatable bonds is 6. The van der Waals surface area contributed by atoms with Crippen LogP contribution in [0.3, 0.4) is 0 Å². The summed E-state index contributed by atoms with van der Waals surface area (Å²) in [5.74, 6) is -2.81. The van der Waals surface area contributed by atoms with Crippen molar-refractivity contribution >= 4 is 0 Å². The Kier molecular flexibility index (Phi) is 4.63. The standard InChI is InChI=1S/C14H21F2N/c1-4-13(3,5-2)17-11-14(15,16)12-9-7-6-8-10-12/h6-10,17H,4-5,11H2,1-3H3. The molecule has 0 radical (unpaired) electrons. The topological polar surface area (TPSA) is 12.0 Å². The summed E-state index contributed by atoms with van der Waals surface area (Å²) in [6, 6.07) is 7.97. The molecule has 0 saturated carbocycles. The Hall–Kier alpha value is -0.960. The van der Waals surface area contributed by atoms with Crippen molar-refractivity contribution in [3.8, 4) is 0 Å². The van der Waals surface area contributed by atoms with Gasteiger partial charge in [-0.2, -0.15) is 8.78 Å². The normalized spacial score (nSPS) is 12.8. The van der Waals surface area contributed by atoms with E-state index in [1.807, 2.05) is 20.8 Å². The summed E-state index contributed by atoms with van der Waals surface area (Å²) in [7, 11) is 0. The van der Waals surface area contributed by atoms with Crippen LogP contribution in [0, 0.1) is 0 Å². The zero-order valence-corrected chi connectivity index (χ0v) is 10.8. The fourth-order valence-corrected chi connectivity index (χ4v) is 1.61. The van der Waals surface area contributed by atoms with E-state index in [1.165, 1.54) is 12.1 Å². The minimum absolute atomic E-state index is 0.0713. The molecule has 0 bridgehead atoms. The smallest absolute Gasteiger partial charge is 0.285 e. The zero-order valence-electron chi connectivity index (χ0n) is 10.8. The van der Waals surface area contributed by atoms with Crippen LogP contribution in [-0.2, 0) is 5.92 Å². The molecule has 1 aromatic rings. The van der Waals surface area contributed by atoms with E-state index in [0.717, 1.165) is 12.8 Å². The Morgan fingerprint density at radius 2 is 1.59 bits per heavy atom. The first-order valence-corrected chi connectivity index (χ1v) is 6.12. The number of nitrogens with one attached hydrogen (secondary N) is 1. The molecule has 17 heavy (non-hydrogen) atoms. The van der Waals surface area contributed by atoms with Gasteiger partial charge in [-0.05, 0) is 19.8 Å². The molecule has 0 fully saturated rings. The van der Waals surface area contributed by atoms with Gasteiger partial charge in [0.05, 0.1) is 6.54 Å². The lowest BCUT2D eigenvalue weighted by molar-refractivity contribution is -0.0108. The van der Waals surface area contributed by atoms with Crippen molar-refractivity contribution in [3.63, 3.8) is 0 Å². The van der Waals surface area contributed by atoms with E-state index in [2.05, 4.69) is 5.32 Å². The summed E-state index contributed by atoms with van der Waals surface area (Å²) in [5.41, 5.74) is -0.139. The fourth-order valence-electron chi connectivity index (χ4n) is 1.61. The van der Waals surface area contributed by atoms with Gasteiger partial charge in [0.25, 0.3) is 5.92 Å². The number of hydrogen-bond acceptors (Lipinski definition) is 1. The maximum Gasteiger partial charge on any atom is 0.285 e. The van der Waals surface area contributed by atoms with Crippen LogP contribution in [0.2, 0.25) is 0 Å². The monoisotopic (exact) mass is 241 g/mol. The van der Waals surface area contributed by atoms with Gasteiger partial charge in [-0.3, -0.25) is 0 Å². The Balaban J connectivity index is 2.68. The largest absolute Gasteiger partial charge is 0.306 e. The van der Waals surface area contributed by atoms with Gasteiger partial charge < -0.3 is 5.32 Å². The van der Waals surface area contributed by atoms with Gasteiger partial charge in [0.2, 0.25) is 0 Å². The second-order valence-corrected chi connectivity index (χ2v) is 4.69. The molecule has 1 aromatic carbocycles. The molecule has 0 heterocycles. The molecule has 0 aromatic heterocycles. The molecule has 0 aliphatic heterocycles. The Morgan fingerprint density at radius 1 is 1.06 bits per heavy atom. The lowest BCUT2D eigenvalue weighted by Crippen LogP contribution is -2.46. The lowest BCUT2D eigenvalue weighted by Gasteiger charge is -2.30. The molecule has 96 valence electrons. The van der Waals surface area contributed by atoms with Gasteiger partial charge in [-0.15, -0.1) is 0 Å². The van der Waals surface area contributed by atoms with Crippen LogP contribution in [0.5, 0.6) is 0 Å². The Labute approximate surface area is 102 Å². The average molecular weight is 241 g/mol. The molecule has 1 nitrogen and oxygen atoms in total. The molecule has 1 N–H and O–H groups in total. The minimum atomic E-state index is -2.81. The molecule has 0 aliphatic rings. The third-order valence-electron chi connectivity index (χ3n) is 3.49. The van der Waals surface area contributed by atoms with Gasteiger partial charge in [-0.25, -0.2) is 0 Å².